The van der Waals surface area contributed by atoms with Crippen molar-refractivity contribution in [1.29, 1.82) is 0 Å². The highest BCUT2D eigenvalue weighted by Gasteiger charge is 2.59. The Bertz CT molecular complexity index is 958. The maximum absolute atomic E-state index is 13.2. The van der Waals surface area contributed by atoms with Crippen LogP contribution in [0.1, 0.15) is 30.4 Å². The molecule has 4 nitrogen and oxygen atoms in total. The van der Waals surface area contributed by atoms with E-state index in [0.717, 1.165) is 76.6 Å². The van der Waals surface area contributed by atoms with E-state index in [1.807, 2.05) is 18.2 Å². The van der Waals surface area contributed by atoms with E-state index in [1.165, 1.54) is 11.1 Å². The Labute approximate surface area is 202 Å². The van der Waals surface area contributed by atoms with Crippen molar-refractivity contribution < 1.29 is 4.79 Å². The minimum Gasteiger partial charge on any atom is -0.340 e. The first-order chi connectivity index (χ1) is 16.1. The van der Waals surface area contributed by atoms with Crippen molar-refractivity contribution in [2.75, 3.05) is 45.8 Å². The van der Waals surface area contributed by atoms with Gasteiger partial charge in [0.2, 0.25) is 5.91 Å². The predicted octanol–water partition coefficient (Wildman–Crippen LogP) is 4.80. The minimum absolute atomic E-state index is 0.264. The molecule has 2 aliphatic heterocycles. The molecule has 0 aromatic heterocycles. The average Bonchev–Trinajstić information content (AvgIpc) is 3.56. The van der Waals surface area contributed by atoms with Crippen molar-refractivity contribution in [3.8, 4) is 0 Å². The number of halogens is 1. The lowest BCUT2D eigenvalue weighted by molar-refractivity contribution is -0.135. The third-order valence-corrected chi connectivity index (χ3v) is 8.07. The number of nitrogens with zero attached hydrogens (tertiary/aromatic N) is 3. The highest BCUT2D eigenvalue weighted by Crippen LogP contribution is 2.60. The molecular weight excluding hydrogens is 430 g/mol. The summed E-state index contributed by atoms with van der Waals surface area (Å²) in [7, 11) is 0. The van der Waals surface area contributed by atoms with E-state index in [0.29, 0.717) is 5.91 Å². The fourth-order valence-corrected chi connectivity index (χ4v) is 5.65. The van der Waals surface area contributed by atoms with Gasteiger partial charge < -0.3 is 4.90 Å². The second-order valence-electron chi connectivity index (χ2n) is 9.96. The molecule has 5 heteroatoms. The van der Waals surface area contributed by atoms with Crippen LogP contribution in [0.15, 0.2) is 60.7 Å². The number of rotatable bonds is 6. The fraction of sp³-hybridized carbons (Fsp3) is 0.464. The molecule has 5 rings (SSSR count). The van der Waals surface area contributed by atoms with Gasteiger partial charge in [-0.2, -0.15) is 0 Å². The fourth-order valence-electron chi connectivity index (χ4n) is 5.53. The topological polar surface area (TPSA) is 26.8 Å². The van der Waals surface area contributed by atoms with Gasteiger partial charge in [0.05, 0.1) is 0 Å². The summed E-state index contributed by atoms with van der Waals surface area (Å²) in [5.41, 5.74) is 2.84. The van der Waals surface area contributed by atoms with Crippen molar-refractivity contribution in [2.45, 2.75) is 25.8 Å². The van der Waals surface area contributed by atoms with Crippen LogP contribution in [0.5, 0.6) is 0 Å². The quantitative estimate of drug-likeness (QED) is 0.615. The molecule has 0 radical (unpaired) electrons. The predicted molar refractivity (Wildman–Crippen MR) is 135 cm³/mol. The number of likely N-dealkylation sites (tertiary alicyclic amines) is 1. The standard InChI is InChI=1S/C28H34ClN3O/c29-25-10-8-24(9-11-25)22-31-15-12-28(13-16-31)21-26(28)27(33)32-19-17-30(18-20-32)14-4-7-23-5-2-1-3-6-23/h1-11,26H,12-22H2/b7-4+. The molecule has 1 amide bonds. The molecule has 2 saturated heterocycles. The molecule has 1 unspecified atom stereocenters. The van der Waals surface area contributed by atoms with Crippen molar-refractivity contribution in [1.82, 2.24) is 14.7 Å². The second-order valence-corrected chi connectivity index (χ2v) is 10.4. The van der Waals surface area contributed by atoms with E-state index in [9.17, 15) is 4.79 Å². The van der Waals surface area contributed by atoms with Gasteiger partial charge in [-0.05, 0) is 61.0 Å². The van der Waals surface area contributed by atoms with Crippen LogP contribution in [0.4, 0.5) is 0 Å². The van der Waals surface area contributed by atoms with Crippen LogP contribution in [0, 0.1) is 11.3 Å². The zero-order chi connectivity index (χ0) is 22.7. The number of hydrogen-bond acceptors (Lipinski definition) is 3. The third-order valence-electron chi connectivity index (χ3n) is 7.82. The summed E-state index contributed by atoms with van der Waals surface area (Å²) in [6.45, 7) is 7.79. The molecule has 1 atom stereocenters. The van der Waals surface area contributed by atoms with Crippen LogP contribution in [0.25, 0.3) is 6.08 Å². The van der Waals surface area contributed by atoms with Gasteiger partial charge in [0.1, 0.15) is 0 Å². The molecule has 1 saturated carbocycles. The van der Waals surface area contributed by atoms with E-state index in [4.69, 9.17) is 11.6 Å². The van der Waals surface area contributed by atoms with E-state index in [-0.39, 0.29) is 11.3 Å². The zero-order valence-electron chi connectivity index (χ0n) is 19.3. The van der Waals surface area contributed by atoms with Crippen LogP contribution < -0.4 is 0 Å². The lowest BCUT2D eigenvalue weighted by Crippen LogP contribution is -2.49. The summed E-state index contributed by atoms with van der Waals surface area (Å²) >= 11 is 6.01. The molecule has 2 aromatic rings. The molecule has 0 N–H and O–H groups in total. The number of carbonyl (C=O) groups is 1. The summed E-state index contributed by atoms with van der Waals surface area (Å²) in [6, 6.07) is 18.6. The minimum atomic E-state index is 0.264. The summed E-state index contributed by atoms with van der Waals surface area (Å²) in [4.78, 5) is 20.3. The van der Waals surface area contributed by atoms with Crippen LogP contribution in [-0.4, -0.2) is 66.4 Å². The van der Waals surface area contributed by atoms with Crippen molar-refractivity contribution in [3.63, 3.8) is 0 Å². The maximum Gasteiger partial charge on any atom is 0.226 e. The van der Waals surface area contributed by atoms with Gasteiger partial charge in [-0.3, -0.25) is 14.6 Å². The SMILES string of the molecule is O=C(C1CC12CCN(Cc1ccc(Cl)cc1)CC2)N1CCN(C/C=C/c2ccccc2)CC1. The first-order valence-corrected chi connectivity index (χ1v) is 12.7. The molecule has 2 aromatic carbocycles. The molecule has 174 valence electrons. The normalized spacial score (nSPS) is 23.3. The van der Waals surface area contributed by atoms with Crippen LogP contribution >= 0.6 is 11.6 Å². The Hall–Kier alpha value is -2.14. The number of carbonyl (C=O) groups excluding carboxylic acids is 1. The molecule has 1 spiro atoms. The molecule has 3 fully saturated rings. The van der Waals surface area contributed by atoms with Crippen molar-refractivity contribution in [2.24, 2.45) is 11.3 Å². The largest absolute Gasteiger partial charge is 0.340 e. The highest BCUT2D eigenvalue weighted by atomic mass is 35.5. The Balaban J connectivity index is 1.04. The Morgan fingerprint density at radius 2 is 1.61 bits per heavy atom. The molecule has 33 heavy (non-hydrogen) atoms. The summed E-state index contributed by atoms with van der Waals surface area (Å²) in [5.74, 6) is 0.681. The monoisotopic (exact) mass is 463 g/mol. The van der Waals surface area contributed by atoms with Crippen molar-refractivity contribution in [3.05, 3.63) is 76.8 Å². The lowest BCUT2D eigenvalue weighted by atomic mass is 9.90. The summed E-state index contributed by atoms with van der Waals surface area (Å²) in [6.07, 6.45) is 7.83. The Morgan fingerprint density at radius 1 is 0.909 bits per heavy atom. The van der Waals surface area contributed by atoms with Gasteiger partial charge in [-0.25, -0.2) is 0 Å². The number of amides is 1. The van der Waals surface area contributed by atoms with Gasteiger partial charge in [0.15, 0.2) is 0 Å². The van der Waals surface area contributed by atoms with Gasteiger partial charge in [-0.1, -0.05) is 66.2 Å². The first-order valence-electron chi connectivity index (χ1n) is 12.3. The van der Waals surface area contributed by atoms with Gasteiger partial charge in [0.25, 0.3) is 0 Å². The van der Waals surface area contributed by atoms with E-state index in [1.54, 1.807) is 0 Å². The first kappa shape index (κ1) is 22.6. The number of hydrogen-bond donors (Lipinski definition) is 0. The van der Waals surface area contributed by atoms with Gasteiger partial charge in [-0.15, -0.1) is 0 Å². The smallest absolute Gasteiger partial charge is 0.226 e. The Morgan fingerprint density at radius 3 is 2.30 bits per heavy atom. The van der Waals surface area contributed by atoms with Crippen molar-refractivity contribution >= 4 is 23.6 Å². The number of piperidine rings is 1. The second kappa shape index (κ2) is 10.0. The van der Waals surface area contributed by atoms with Gasteiger partial charge in [0, 0.05) is 50.2 Å². The third kappa shape index (κ3) is 5.51. The van der Waals surface area contributed by atoms with E-state index < -0.39 is 0 Å². The lowest BCUT2D eigenvalue weighted by Gasteiger charge is -2.36. The number of benzene rings is 2. The van der Waals surface area contributed by atoms with Gasteiger partial charge >= 0.3 is 0 Å². The molecular formula is C28H34ClN3O. The highest BCUT2D eigenvalue weighted by molar-refractivity contribution is 6.30. The average molecular weight is 464 g/mol. The molecule has 1 aliphatic carbocycles. The summed E-state index contributed by atoms with van der Waals surface area (Å²) in [5, 5.41) is 0.792. The van der Waals surface area contributed by atoms with E-state index in [2.05, 4.69) is 63.2 Å². The van der Waals surface area contributed by atoms with Crippen LogP contribution in [0.3, 0.4) is 0 Å². The van der Waals surface area contributed by atoms with E-state index >= 15 is 0 Å². The molecule has 0 bridgehead atoms. The molecule has 3 aliphatic rings. The molecule has 2 heterocycles. The zero-order valence-corrected chi connectivity index (χ0v) is 20.1. The van der Waals surface area contributed by atoms with Crippen LogP contribution in [0.2, 0.25) is 5.02 Å². The Kier molecular flexibility index (Phi) is 6.86. The van der Waals surface area contributed by atoms with Crippen LogP contribution in [-0.2, 0) is 11.3 Å². The number of piperazine rings is 1. The maximum atomic E-state index is 13.2. The summed E-state index contributed by atoms with van der Waals surface area (Å²) < 4.78 is 0.